The van der Waals surface area contributed by atoms with Gasteiger partial charge in [-0.25, -0.2) is 4.98 Å². The Labute approximate surface area is 119 Å². The van der Waals surface area contributed by atoms with Crippen molar-refractivity contribution in [1.29, 1.82) is 0 Å². The molecule has 4 nitrogen and oxygen atoms in total. The number of hydrogen-bond donors (Lipinski definition) is 1. The van der Waals surface area contributed by atoms with E-state index < -0.39 is 0 Å². The number of aromatic amines is 1. The van der Waals surface area contributed by atoms with Crippen molar-refractivity contribution < 1.29 is 0 Å². The van der Waals surface area contributed by atoms with Crippen LogP contribution in [0, 0.1) is 0 Å². The Kier molecular flexibility index (Phi) is 3.46. The van der Waals surface area contributed by atoms with Gasteiger partial charge in [-0.1, -0.05) is 12.8 Å². The maximum absolute atomic E-state index is 11.8. The zero-order valence-corrected chi connectivity index (χ0v) is 12.0. The van der Waals surface area contributed by atoms with Gasteiger partial charge in [0.2, 0.25) is 0 Å². The Morgan fingerprint density at radius 1 is 1.32 bits per heavy atom. The standard InChI is InChI=1S/C14H14BrN3O/c15-10-6-3-7-16-13(10)14-17-11(8-12(19)18-14)9-4-1-2-5-9/h3,6-9H,1-2,4-5H2,(H,17,18,19). The van der Waals surface area contributed by atoms with E-state index >= 15 is 0 Å². The van der Waals surface area contributed by atoms with Crippen LogP contribution in [0.5, 0.6) is 0 Å². The van der Waals surface area contributed by atoms with Crippen LogP contribution in [0.15, 0.2) is 33.7 Å². The Hall–Kier alpha value is -1.49. The molecule has 0 saturated heterocycles. The van der Waals surface area contributed by atoms with Crippen molar-refractivity contribution >= 4 is 15.9 Å². The summed E-state index contributed by atoms with van der Waals surface area (Å²) in [4.78, 5) is 23.5. The number of pyridine rings is 1. The van der Waals surface area contributed by atoms with Crippen molar-refractivity contribution in [3.05, 3.63) is 44.9 Å². The average Bonchev–Trinajstić information content (AvgIpc) is 2.92. The van der Waals surface area contributed by atoms with Gasteiger partial charge in [0.05, 0.1) is 5.69 Å². The Morgan fingerprint density at radius 2 is 2.11 bits per heavy atom. The summed E-state index contributed by atoms with van der Waals surface area (Å²) in [5.74, 6) is 0.963. The Morgan fingerprint density at radius 3 is 2.84 bits per heavy atom. The van der Waals surface area contributed by atoms with Crippen LogP contribution in [0.2, 0.25) is 0 Å². The lowest BCUT2D eigenvalue weighted by molar-refractivity contribution is 0.693. The van der Waals surface area contributed by atoms with Crippen LogP contribution in [0.1, 0.15) is 37.3 Å². The first-order valence-electron chi connectivity index (χ1n) is 6.46. The van der Waals surface area contributed by atoms with Gasteiger partial charge in [-0.05, 0) is 40.9 Å². The minimum absolute atomic E-state index is 0.107. The fourth-order valence-electron chi connectivity index (χ4n) is 2.58. The molecule has 3 rings (SSSR count). The van der Waals surface area contributed by atoms with E-state index in [1.807, 2.05) is 12.1 Å². The summed E-state index contributed by atoms with van der Waals surface area (Å²) in [5.41, 5.74) is 1.47. The Bertz CT molecular complexity index is 647. The second-order valence-electron chi connectivity index (χ2n) is 4.83. The van der Waals surface area contributed by atoms with Gasteiger partial charge in [0.15, 0.2) is 5.82 Å². The summed E-state index contributed by atoms with van der Waals surface area (Å²) in [6.45, 7) is 0. The lowest BCUT2D eigenvalue weighted by atomic mass is 10.0. The number of nitrogens with one attached hydrogen (secondary N) is 1. The summed E-state index contributed by atoms with van der Waals surface area (Å²) in [6, 6.07) is 5.35. The number of nitrogens with zero attached hydrogens (tertiary/aromatic N) is 2. The largest absolute Gasteiger partial charge is 0.305 e. The molecular formula is C14H14BrN3O. The molecule has 2 heterocycles. The van der Waals surface area contributed by atoms with Crippen molar-refractivity contribution in [1.82, 2.24) is 15.0 Å². The van der Waals surface area contributed by atoms with Gasteiger partial charge in [0, 0.05) is 22.7 Å². The van der Waals surface area contributed by atoms with Crippen molar-refractivity contribution in [2.45, 2.75) is 31.6 Å². The van der Waals surface area contributed by atoms with Gasteiger partial charge < -0.3 is 4.98 Å². The summed E-state index contributed by atoms with van der Waals surface area (Å²) in [7, 11) is 0. The third kappa shape index (κ3) is 2.61. The molecule has 19 heavy (non-hydrogen) atoms. The van der Waals surface area contributed by atoms with E-state index in [0.29, 0.717) is 17.4 Å². The zero-order valence-electron chi connectivity index (χ0n) is 10.4. The van der Waals surface area contributed by atoms with E-state index in [2.05, 4.69) is 30.9 Å². The molecule has 5 heteroatoms. The zero-order chi connectivity index (χ0) is 13.2. The van der Waals surface area contributed by atoms with Gasteiger partial charge in [-0.2, -0.15) is 0 Å². The van der Waals surface area contributed by atoms with Crippen molar-refractivity contribution in [3.8, 4) is 11.5 Å². The molecule has 0 atom stereocenters. The lowest BCUT2D eigenvalue weighted by Crippen LogP contribution is -2.12. The van der Waals surface area contributed by atoms with Crippen molar-refractivity contribution in [2.24, 2.45) is 0 Å². The average molecular weight is 320 g/mol. The number of aromatic nitrogens is 3. The van der Waals surface area contributed by atoms with Crippen LogP contribution in [0.25, 0.3) is 11.5 Å². The SMILES string of the molecule is O=c1cc(C2CCCC2)nc(-c2ncccc2Br)[nH]1. The highest BCUT2D eigenvalue weighted by Crippen LogP contribution is 2.33. The number of H-pyrrole nitrogens is 1. The van der Waals surface area contributed by atoms with Crippen molar-refractivity contribution in [3.63, 3.8) is 0 Å². The molecule has 2 aromatic rings. The smallest absolute Gasteiger partial charge is 0.251 e. The first-order valence-corrected chi connectivity index (χ1v) is 7.25. The van der Waals surface area contributed by atoms with Crippen LogP contribution in [0.3, 0.4) is 0 Å². The molecule has 1 N–H and O–H groups in total. The van der Waals surface area contributed by atoms with Crippen LogP contribution < -0.4 is 5.56 Å². The monoisotopic (exact) mass is 319 g/mol. The summed E-state index contributed by atoms with van der Waals surface area (Å²) in [6.07, 6.45) is 6.39. The Balaban J connectivity index is 2.07. The first-order chi connectivity index (χ1) is 9.24. The summed E-state index contributed by atoms with van der Waals surface area (Å²) < 4.78 is 0.835. The van der Waals surface area contributed by atoms with Gasteiger partial charge in [0.1, 0.15) is 5.69 Å². The molecule has 0 unspecified atom stereocenters. The van der Waals surface area contributed by atoms with Gasteiger partial charge >= 0.3 is 0 Å². The van der Waals surface area contributed by atoms with E-state index in [-0.39, 0.29) is 5.56 Å². The van der Waals surface area contributed by atoms with Crippen LogP contribution in [-0.2, 0) is 0 Å². The third-order valence-corrected chi connectivity index (χ3v) is 4.16. The van der Waals surface area contributed by atoms with Gasteiger partial charge in [-0.15, -0.1) is 0 Å². The summed E-state index contributed by atoms with van der Waals surface area (Å²) >= 11 is 3.44. The molecule has 0 bridgehead atoms. The maximum atomic E-state index is 11.8. The fourth-order valence-corrected chi connectivity index (χ4v) is 3.02. The van der Waals surface area contributed by atoms with Crippen molar-refractivity contribution in [2.75, 3.05) is 0 Å². The maximum Gasteiger partial charge on any atom is 0.251 e. The molecule has 2 aromatic heterocycles. The van der Waals surface area contributed by atoms with E-state index in [4.69, 9.17) is 0 Å². The minimum atomic E-state index is -0.107. The van der Waals surface area contributed by atoms with E-state index in [9.17, 15) is 4.79 Å². The molecule has 1 saturated carbocycles. The predicted octanol–water partition coefficient (Wildman–Crippen LogP) is 3.25. The summed E-state index contributed by atoms with van der Waals surface area (Å²) in [5, 5.41) is 0. The molecule has 1 fully saturated rings. The molecule has 0 aliphatic heterocycles. The normalized spacial score (nSPS) is 15.8. The predicted molar refractivity (Wildman–Crippen MR) is 77.0 cm³/mol. The van der Waals surface area contributed by atoms with E-state index in [1.54, 1.807) is 12.3 Å². The second kappa shape index (κ2) is 5.25. The topological polar surface area (TPSA) is 58.6 Å². The number of halogens is 1. The minimum Gasteiger partial charge on any atom is -0.305 e. The number of hydrogen-bond acceptors (Lipinski definition) is 3. The van der Waals surface area contributed by atoms with Crippen LogP contribution >= 0.6 is 15.9 Å². The first kappa shape index (κ1) is 12.5. The highest BCUT2D eigenvalue weighted by atomic mass is 79.9. The fraction of sp³-hybridized carbons (Fsp3) is 0.357. The second-order valence-corrected chi connectivity index (χ2v) is 5.69. The molecule has 98 valence electrons. The lowest BCUT2D eigenvalue weighted by Gasteiger charge is -2.10. The third-order valence-electron chi connectivity index (χ3n) is 3.52. The molecule has 0 radical (unpaired) electrons. The quantitative estimate of drug-likeness (QED) is 0.924. The van der Waals surface area contributed by atoms with E-state index in [1.165, 1.54) is 12.8 Å². The molecule has 1 aliphatic rings. The van der Waals surface area contributed by atoms with Crippen LogP contribution in [0.4, 0.5) is 0 Å². The highest BCUT2D eigenvalue weighted by Gasteiger charge is 2.20. The van der Waals surface area contributed by atoms with Crippen LogP contribution in [-0.4, -0.2) is 15.0 Å². The number of rotatable bonds is 2. The highest BCUT2D eigenvalue weighted by molar-refractivity contribution is 9.10. The molecule has 0 aromatic carbocycles. The molecular weight excluding hydrogens is 306 g/mol. The van der Waals surface area contributed by atoms with E-state index in [0.717, 1.165) is 23.0 Å². The molecule has 0 spiro atoms. The van der Waals surface area contributed by atoms with Gasteiger partial charge in [-0.3, -0.25) is 9.78 Å². The molecule has 1 aliphatic carbocycles. The molecule has 0 amide bonds. The van der Waals surface area contributed by atoms with Gasteiger partial charge in [0.25, 0.3) is 5.56 Å².